The fourth-order valence-corrected chi connectivity index (χ4v) is 4.23. The van der Waals surface area contributed by atoms with Gasteiger partial charge >= 0.3 is 0 Å². The number of benzene rings is 2. The molecule has 0 fully saturated rings. The molecule has 0 radical (unpaired) electrons. The number of carbonyl (C=O) groups is 1. The highest BCUT2D eigenvalue weighted by Crippen LogP contribution is 2.26. The van der Waals surface area contributed by atoms with Gasteiger partial charge in [0.15, 0.2) is 5.16 Å². The van der Waals surface area contributed by atoms with Crippen LogP contribution >= 0.6 is 11.8 Å². The molecule has 5 nitrogen and oxygen atoms in total. The molecule has 0 aliphatic rings. The van der Waals surface area contributed by atoms with Crippen LogP contribution in [0.3, 0.4) is 0 Å². The van der Waals surface area contributed by atoms with Crippen LogP contribution in [-0.2, 0) is 17.0 Å². The first-order valence-electron chi connectivity index (χ1n) is 11.0. The molecular formula is C25H32N4OS. The molecule has 0 aliphatic carbocycles. The molecule has 0 saturated carbocycles. The summed E-state index contributed by atoms with van der Waals surface area (Å²) in [5.41, 5.74) is 3.62. The molecule has 0 bridgehead atoms. The molecule has 0 atom stereocenters. The summed E-state index contributed by atoms with van der Waals surface area (Å²) in [7, 11) is 0. The minimum Gasteiger partial charge on any atom is -0.356 e. The number of amides is 1. The van der Waals surface area contributed by atoms with Crippen molar-refractivity contribution in [2.24, 2.45) is 5.92 Å². The van der Waals surface area contributed by atoms with Gasteiger partial charge in [-0.3, -0.25) is 9.36 Å². The number of hydrogen-bond donors (Lipinski definition) is 1. The van der Waals surface area contributed by atoms with Crippen molar-refractivity contribution in [3.8, 4) is 5.69 Å². The lowest BCUT2D eigenvalue weighted by molar-refractivity contribution is -0.121. The van der Waals surface area contributed by atoms with E-state index in [1.165, 1.54) is 11.1 Å². The van der Waals surface area contributed by atoms with Crippen molar-refractivity contribution in [1.29, 1.82) is 0 Å². The molecule has 3 rings (SSSR count). The average molecular weight is 437 g/mol. The second kappa shape index (κ2) is 11.7. The molecule has 1 aromatic heterocycles. The Morgan fingerprint density at radius 3 is 2.61 bits per heavy atom. The standard InChI is InChI=1S/C25H32N4OS/c1-19(2)17-26-24(30)15-8-7-14-23-27-28-25(29(23)22-12-5-4-6-13-22)31-18-21-11-9-10-20(3)16-21/h4-6,9-13,16,19H,7-8,14-15,17-18H2,1-3H3,(H,26,30). The summed E-state index contributed by atoms with van der Waals surface area (Å²) in [5.74, 6) is 2.40. The van der Waals surface area contributed by atoms with E-state index in [-0.39, 0.29) is 5.91 Å². The summed E-state index contributed by atoms with van der Waals surface area (Å²) in [6, 6.07) is 18.8. The van der Waals surface area contributed by atoms with Gasteiger partial charge in [0.1, 0.15) is 5.82 Å². The molecule has 1 N–H and O–H groups in total. The number of rotatable bonds is 11. The Balaban J connectivity index is 1.64. The first-order chi connectivity index (χ1) is 15.0. The Kier molecular flexibility index (Phi) is 8.71. The summed E-state index contributed by atoms with van der Waals surface area (Å²) in [6.45, 7) is 7.06. The molecule has 3 aromatic rings. The monoisotopic (exact) mass is 436 g/mol. The molecule has 0 saturated heterocycles. The number of aryl methyl sites for hydroxylation is 2. The van der Waals surface area contributed by atoms with Crippen LogP contribution in [-0.4, -0.2) is 27.2 Å². The Labute approximate surface area is 189 Å². The van der Waals surface area contributed by atoms with Crippen molar-refractivity contribution in [3.05, 3.63) is 71.5 Å². The lowest BCUT2D eigenvalue weighted by atomic mass is 10.1. The Bertz CT molecular complexity index is 969. The fraction of sp³-hybridized carbons (Fsp3) is 0.400. The highest BCUT2D eigenvalue weighted by atomic mass is 32.2. The lowest BCUT2D eigenvalue weighted by Crippen LogP contribution is -2.26. The summed E-state index contributed by atoms with van der Waals surface area (Å²) < 4.78 is 2.15. The summed E-state index contributed by atoms with van der Waals surface area (Å²) in [4.78, 5) is 11.9. The van der Waals surface area contributed by atoms with Gasteiger partial charge in [-0.15, -0.1) is 10.2 Å². The Hall–Kier alpha value is -2.60. The van der Waals surface area contributed by atoms with Gasteiger partial charge in [0, 0.05) is 30.8 Å². The Morgan fingerprint density at radius 1 is 1.06 bits per heavy atom. The van der Waals surface area contributed by atoms with Crippen LogP contribution in [0.4, 0.5) is 0 Å². The average Bonchev–Trinajstić information content (AvgIpc) is 3.17. The Morgan fingerprint density at radius 2 is 1.87 bits per heavy atom. The second-order valence-corrected chi connectivity index (χ2v) is 9.20. The number of aromatic nitrogens is 3. The third-order valence-electron chi connectivity index (χ3n) is 4.93. The number of thioether (sulfide) groups is 1. The molecule has 6 heteroatoms. The minimum absolute atomic E-state index is 0.132. The maximum Gasteiger partial charge on any atom is 0.220 e. The van der Waals surface area contributed by atoms with Crippen molar-refractivity contribution >= 4 is 17.7 Å². The summed E-state index contributed by atoms with van der Waals surface area (Å²) in [6.07, 6.45) is 3.10. The highest BCUT2D eigenvalue weighted by molar-refractivity contribution is 7.98. The van der Waals surface area contributed by atoms with E-state index >= 15 is 0 Å². The van der Waals surface area contributed by atoms with Crippen LogP contribution in [0.1, 0.15) is 50.1 Å². The van der Waals surface area contributed by atoms with E-state index in [4.69, 9.17) is 0 Å². The van der Waals surface area contributed by atoms with Gasteiger partial charge in [0.25, 0.3) is 0 Å². The molecule has 164 valence electrons. The van der Waals surface area contributed by atoms with Crippen LogP contribution in [0.2, 0.25) is 0 Å². The predicted molar refractivity (Wildman–Crippen MR) is 128 cm³/mol. The van der Waals surface area contributed by atoms with Crippen LogP contribution < -0.4 is 5.32 Å². The van der Waals surface area contributed by atoms with Crippen LogP contribution in [0.5, 0.6) is 0 Å². The number of carbonyl (C=O) groups excluding carboxylic acids is 1. The first kappa shape index (κ1) is 23.1. The van der Waals surface area contributed by atoms with E-state index in [1.54, 1.807) is 11.8 Å². The van der Waals surface area contributed by atoms with Crippen molar-refractivity contribution in [2.75, 3.05) is 6.54 Å². The molecule has 0 spiro atoms. The van der Waals surface area contributed by atoms with Gasteiger partial charge in [0.2, 0.25) is 5.91 Å². The minimum atomic E-state index is 0.132. The largest absolute Gasteiger partial charge is 0.356 e. The molecule has 1 heterocycles. The SMILES string of the molecule is Cc1cccc(CSc2nnc(CCCCC(=O)NCC(C)C)n2-c2ccccc2)c1. The van der Waals surface area contributed by atoms with Crippen LogP contribution in [0.25, 0.3) is 5.69 Å². The van der Waals surface area contributed by atoms with Crippen LogP contribution in [0, 0.1) is 12.8 Å². The van der Waals surface area contributed by atoms with Crippen molar-refractivity contribution < 1.29 is 4.79 Å². The van der Waals surface area contributed by atoms with Crippen molar-refractivity contribution in [1.82, 2.24) is 20.1 Å². The van der Waals surface area contributed by atoms with E-state index in [2.05, 4.69) is 77.3 Å². The second-order valence-electron chi connectivity index (χ2n) is 8.25. The van der Waals surface area contributed by atoms with E-state index in [0.29, 0.717) is 12.3 Å². The van der Waals surface area contributed by atoms with Gasteiger partial charge in [-0.1, -0.05) is 73.6 Å². The summed E-state index contributed by atoms with van der Waals surface area (Å²) >= 11 is 1.70. The zero-order chi connectivity index (χ0) is 22.1. The maximum absolute atomic E-state index is 11.9. The molecule has 2 aromatic carbocycles. The summed E-state index contributed by atoms with van der Waals surface area (Å²) in [5, 5.41) is 12.9. The van der Waals surface area contributed by atoms with E-state index in [0.717, 1.165) is 48.2 Å². The van der Waals surface area contributed by atoms with Crippen LogP contribution in [0.15, 0.2) is 59.8 Å². The topological polar surface area (TPSA) is 59.8 Å². The van der Waals surface area contributed by atoms with E-state index in [1.807, 2.05) is 18.2 Å². The van der Waals surface area contributed by atoms with Gasteiger partial charge < -0.3 is 5.32 Å². The van der Waals surface area contributed by atoms with E-state index in [9.17, 15) is 4.79 Å². The first-order valence-corrected chi connectivity index (χ1v) is 12.0. The number of hydrogen-bond acceptors (Lipinski definition) is 4. The highest BCUT2D eigenvalue weighted by Gasteiger charge is 2.15. The number of unbranched alkanes of at least 4 members (excludes halogenated alkanes) is 1. The van der Waals surface area contributed by atoms with Gasteiger partial charge in [-0.25, -0.2) is 0 Å². The quantitative estimate of drug-likeness (QED) is 0.325. The fourth-order valence-electron chi connectivity index (χ4n) is 3.32. The zero-order valence-electron chi connectivity index (χ0n) is 18.7. The molecule has 0 aliphatic heterocycles. The van der Waals surface area contributed by atoms with Gasteiger partial charge in [0.05, 0.1) is 0 Å². The van der Waals surface area contributed by atoms with Crippen molar-refractivity contribution in [3.63, 3.8) is 0 Å². The van der Waals surface area contributed by atoms with Crippen molar-refractivity contribution in [2.45, 2.75) is 57.4 Å². The number of nitrogens with one attached hydrogen (secondary N) is 1. The third-order valence-corrected chi connectivity index (χ3v) is 5.93. The molecular weight excluding hydrogens is 404 g/mol. The number of para-hydroxylation sites is 1. The third kappa shape index (κ3) is 7.24. The van der Waals surface area contributed by atoms with Gasteiger partial charge in [-0.2, -0.15) is 0 Å². The number of nitrogens with zero attached hydrogens (tertiary/aromatic N) is 3. The predicted octanol–water partition coefficient (Wildman–Crippen LogP) is 5.35. The smallest absolute Gasteiger partial charge is 0.220 e. The zero-order valence-corrected chi connectivity index (χ0v) is 19.5. The van der Waals surface area contributed by atoms with Gasteiger partial charge in [-0.05, 0) is 43.4 Å². The van der Waals surface area contributed by atoms with E-state index < -0.39 is 0 Å². The molecule has 1 amide bonds. The molecule has 0 unspecified atom stereocenters. The molecule has 31 heavy (non-hydrogen) atoms. The lowest BCUT2D eigenvalue weighted by Gasteiger charge is -2.11. The maximum atomic E-state index is 11.9. The normalized spacial score (nSPS) is 11.1.